The lowest BCUT2D eigenvalue weighted by molar-refractivity contribution is -0.137. The third-order valence-corrected chi connectivity index (χ3v) is 6.37. The van der Waals surface area contributed by atoms with E-state index in [2.05, 4.69) is 5.32 Å². The number of benzene rings is 3. The summed E-state index contributed by atoms with van der Waals surface area (Å²) in [7, 11) is 1.80. The maximum Gasteiger partial charge on any atom is 0.335 e. The molecule has 37 heavy (non-hydrogen) atoms. The van der Waals surface area contributed by atoms with E-state index < -0.39 is 12.0 Å². The van der Waals surface area contributed by atoms with E-state index in [-0.39, 0.29) is 23.9 Å². The lowest BCUT2D eigenvalue weighted by atomic mass is 10.1. The van der Waals surface area contributed by atoms with Crippen LogP contribution in [0.2, 0.25) is 0 Å². The van der Waals surface area contributed by atoms with Gasteiger partial charge in [-0.15, -0.1) is 0 Å². The van der Waals surface area contributed by atoms with Crippen molar-refractivity contribution in [3.63, 3.8) is 0 Å². The number of carbonyl (C=O) groups excluding carboxylic acids is 2. The van der Waals surface area contributed by atoms with Gasteiger partial charge in [0.25, 0.3) is 0 Å². The molecule has 1 atom stereocenters. The van der Waals surface area contributed by atoms with E-state index in [0.29, 0.717) is 30.9 Å². The molecule has 1 saturated heterocycles. The van der Waals surface area contributed by atoms with Crippen LogP contribution in [-0.4, -0.2) is 58.9 Å². The molecule has 2 N–H and O–H groups in total. The summed E-state index contributed by atoms with van der Waals surface area (Å²) < 4.78 is 5.79. The third-order valence-electron chi connectivity index (χ3n) is 6.37. The molecule has 8 nitrogen and oxygen atoms in total. The van der Waals surface area contributed by atoms with Gasteiger partial charge < -0.3 is 20.1 Å². The van der Waals surface area contributed by atoms with E-state index in [1.54, 1.807) is 65.4 Å². The van der Waals surface area contributed by atoms with Crippen molar-refractivity contribution in [1.29, 1.82) is 0 Å². The smallest absolute Gasteiger partial charge is 0.335 e. The molecular weight excluding hydrogens is 470 g/mol. The molecule has 2 amide bonds. The molecule has 0 aromatic heterocycles. The number of rotatable bonds is 9. The third kappa shape index (κ3) is 7.17. The van der Waals surface area contributed by atoms with E-state index >= 15 is 0 Å². The molecule has 1 aliphatic heterocycles. The second kappa shape index (κ2) is 12.2. The minimum atomic E-state index is -0.978. The highest BCUT2D eigenvalue weighted by molar-refractivity contribution is 5.93. The van der Waals surface area contributed by atoms with Gasteiger partial charge in [-0.2, -0.15) is 0 Å². The molecule has 0 aliphatic carbocycles. The topological polar surface area (TPSA) is 99.2 Å². The predicted octanol–water partition coefficient (Wildman–Crippen LogP) is 4.63. The highest BCUT2D eigenvalue weighted by Gasteiger charge is 2.31. The second-order valence-electron chi connectivity index (χ2n) is 9.18. The average Bonchev–Trinajstić information content (AvgIpc) is 3.07. The minimum absolute atomic E-state index is 0.0162. The number of anilines is 1. The molecule has 0 spiro atoms. The number of carboxylic acid groups (broad SMARTS) is 1. The summed E-state index contributed by atoms with van der Waals surface area (Å²) in [6, 6.07) is 22.8. The van der Waals surface area contributed by atoms with Crippen LogP contribution in [0.3, 0.4) is 0 Å². The highest BCUT2D eigenvalue weighted by Crippen LogP contribution is 2.23. The lowest BCUT2D eigenvalue weighted by Gasteiger charge is -2.30. The fourth-order valence-electron chi connectivity index (χ4n) is 4.39. The van der Waals surface area contributed by atoms with Crippen LogP contribution in [0.1, 0.15) is 35.2 Å². The van der Waals surface area contributed by atoms with Gasteiger partial charge in [-0.25, -0.2) is 4.79 Å². The second-order valence-corrected chi connectivity index (χ2v) is 9.18. The molecule has 1 heterocycles. The number of carbonyl (C=O) groups is 3. The monoisotopic (exact) mass is 501 g/mol. The standard InChI is InChI=1S/C29H31N3O5/c1-31(20-27(33)30-23-14-16-25(17-15-23)37-24-7-3-2-4-8-24)26-9-5-6-18-32(28(26)34)19-21-10-12-22(13-11-21)29(35)36/h2-4,7-8,10-17,26H,5-6,9,18-20H2,1H3,(H,30,33)(H,35,36)/t26-/m0/s1. The molecule has 0 radical (unpaired) electrons. The fourth-order valence-corrected chi connectivity index (χ4v) is 4.39. The Kier molecular flexibility index (Phi) is 8.53. The maximum atomic E-state index is 13.3. The molecule has 3 aromatic rings. The van der Waals surface area contributed by atoms with Crippen molar-refractivity contribution < 1.29 is 24.2 Å². The molecule has 8 heteroatoms. The van der Waals surface area contributed by atoms with E-state index in [4.69, 9.17) is 9.84 Å². The van der Waals surface area contributed by atoms with Crippen LogP contribution >= 0.6 is 0 Å². The van der Waals surface area contributed by atoms with Crippen molar-refractivity contribution in [3.8, 4) is 11.5 Å². The largest absolute Gasteiger partial charge is 0.478 e. The summed E-state index contributed by atoms with van der Waals surface area (Å²) in [6.45, 7) is 1.12. The van der Waals surface area contributed by atoms with Crippen molar-refractivity contribution in [3.05, 3.63) is 90.0 Å². The molecular formula is C29H31N3O5. The van der Waals surface area contributed by atoms with Crippen LogP contribution in [0.15, 0.2) is 78.9 Å². The van der Waals surface area contributed by atoms with Crippen molar-refractivity contribution >= 4 is 23.5 Å². The number of para-hydroxylation sites is 1. The van der Waals surface area contributed by atoms with Gasteiger partial charge in [-0.3, -0.25) is 14.5 Å². The first-order chi connectivity index (χ1) is 17.9. The summed E-state index contributed by atoms with van der Waals surface area (Å²) in [5.74, 6) is 0.210. The van der Waals surface area contributed by atoms with Crippen LogP contribution in [0, 0.1) is 0 Å². The molecule has 0 unspecified atom stereocenters. The van der Waals surface area contributed by atoms with Crippen LogP contribution in [-0.2, 0) is 16.1 Å². The van der Waals surface area contributed by atoms with Gasteiger partial charge >= 0.3 is 5.97 Å². The number of nitrogens with zero attached hydrogens (tertiary/aromatic N) is 2. The zero-order valence-electron chi connectivity index (χ0n) is 20.8. The number of nitrogens with one attached hydrogen (secondary N) is 1. The van der Waals surface area contributed by atoms with Crippen molar-refractivity contribution in [2.45, 2.75) is 31.8 Å². The van der Waals surface area contributed by atoms with Crippen LogP contribution < -0.4 is 10.1 Å². The van der Waals surface area contributed by atoms with Crippen molar-refractivity contribution in [2.75, 3.05) is 25.5 Å². The Balaban J connectivity index is 1.32. The minimum Gasteiger partial charge on any atom is -0.478 e. The predicted molar refractivity (Wildman–Crippen MR) is 141 cm³/mol. The number of aromatic carboxylic acids is 1. The average molecular weight is 502 g/mol. The maximum absolute atomic E-state index is 13.3. The van der Waals surface area contributed by atoms with Gasteiger partial charge in [-0.1, -0.05) is 30.3 Å². The van der Waals surface area contributed by atoms with Crippen molar-refractivity contribution in [2.24, 2.45) is 0 Å². The Bertz CT molecular complexity index is 1210. The quantitative estimate of drug-likeness (QED) is 0.444. The molecule has 3 aromatic carbocycles. The zero-order valence-corrected chi connectivity index (χ0v) is 20.8. The van der Waals surface area contributed by atoms with Crippen LogP contribution in [0.4, 0.5) is 5.69 Å². The first kappa shape index (κ1) is 25.9. The van der Waals surface area contributed by atoms with Gasteiger partial charge in [-0.05, 0) is 80.4 Å². The Hall–Kier alpha value is -4.17. The first-order valence-corrected chi connectivity index (χ1v) is 12.3. The summed E-state index contributed by atoms with van der Waals surface area (Å²) in [4.78, 5) is 40.8. The Labute approximate surface area is 216 Å². The molecule has 1 fully saturated rings. The Morgan fingerprint density at radius 3 is 2.32 bits per heavy atom. The van der Waals surface area contributed by atoms with E-state index in [1.807, 2.05) is 30.3 Å². The van der Waals surface area contributed by atoms with Crippen LogP contribution in [0.5, 0.6) is 11.5 Å². The number of ether oxygens (including phenoxy) is 1. The summed E-state index contributed by atoms with van der Waals surface area (Å²) in [5, 5.41) is 12.0. The number of amides is 2. The fraction of sp³-hybridized carbons (Fsp3) is 0.276. The summed E-state index contributed by atoms with van der Waals surface area (Å²) in [6.07, 6.45) is 2.45. The van der Waals surface area contributed by atoms with Crippen molar-refractivity contribution in [1.82, 2.24) is 9.80 Å². The van der Waals surface area contributed by atoms with E-state index in [0.717, 1.165) is 24.2 Å². The van der Waals surface area contributed by atoms with Gasteiger partial charge in [0.1, 0.15) is 11.5 Å². The Morgan fingerprint density at radius 1 is 0.973 bits per heavy atom. The SMILES string of the molecule is CN(CC(=O)Nc1ccc(Oc2ccccc2)cc1)[C@H]1CCCCN(Cc2ccc(C(=O)O)cc2)C1=O. The van der Waals surface area contributed by atoms with Gasteiger partial charge in [0.15, 0.2) is 0 Å². The number of carboxylic acids is 1. The number of likely N-dealkylation sites (tertiary alicyclic amines) is 1. The number of hydrogen-bond donors (Lipinski definition) is 2. The number of hydrogen-bond acceptors (Lipinski definition) is 5. The summed E-state index contributed by atoms with van der Waals surface area (Å²) in [5.41, 5.74) is 1.74. The van der Waals surface area contributed by atoms with Gasteiger partial charge in [0, 0.05) is 18.8 Å². The molecule has 0 bridgehead atoms. The van der Waals surface area contributed by atoms with Gasteiger partial charge in [0.2, 0.25) is 11.8 Å². The zero-order chi connectivity index (χ0) is 26.2. The van der Waals surface area contributed by atoms with Crippen LogP contribution in [0.25, 0.3) is 0 Å². The summed E-state index contributed by atoms with van der Waals surface area (Å²) >= 11 is 0. The molecule has 0 saturated carbocycles. The lowest BCUT2D eigenvalue weighted by Crippen LogP contribution is -2.48. The van der Waals surface area contributed by atoms with E-state index in [1.165, 1.54) is 0 Å². The normalized spacial score (nSPS) is 15.8. The van der Waals surface area contributed by atoms with Gasteiger partial charge in [0.05, 0.1) is 18.2 Å². The number of likely N-dealkylation sites (N-methyl/N-ethyl adjacent to an activating group) is 1. The first-order valence-electron chi connectivity index (χ1n) is 12.3. The molecule has 1 aliphatic rings. The molecule has 4 rings (SSSR count). The Morgan fingerprint density at radius 2 is 1.65 bits per heavy atom. The van der Waals surface area contributed by atoms with E-state index in [9.17, 15) is 14.4 Å². The highest BCUT2D eigenvalue weighted by atomic mass is 16.5. The molecule has 192 valence electrons.